The molecular formula is C43H34NO2P. The molecule has 6 aromatic carbocycles. The van der Waals surface area contributed by atoms with Gasteiger partial charge in [0, 0.05) is 27.9 Å². The van der Waals surface area contributed by atoms with Gasteiger partial charge in [0.25, 0.3) is 0 Å². The number of hydrogen-bond acceptors (Lipinski definition) is 3. The lowest BCUT2D eigenvalue weighted by Crippen LogP contribution is -2.23. The van der Waals surface area contributed by atoms with E-state index in [9.17, 15) is 4.57 Å². The second-order valence-corrected chi connectivity index (χ2v) is 15.1. The van der Waals surface area contributed by atoms with Gasteiger partial charge >= 0.3 is 0 Å². The Labute approximate surface area is 276 Å². The fourth-order valence-electron chi connectivity index (χ4n) is 7.04. The first kappa shape index (κ1) is 29.2. The van der Waals surface area contributed by atoms with E-state index in [-0.39, 0.29) is 12.0 Å². The Hall–Kier alpha value is -5.24. The molecule has 0 amide bonds. The van der Waals surface area contributed by atoms with Crippen molar-refractivity contribution in [3.05, 3.63) is 181 Å². The van der Waals surface area contributed by atoms with Crippen molar-refractivity contribution in [1.29, 1.82) is 0 Å². The van der Waals surface area contributed by atoms with Crippen molar-refractivity contribution in [2.24, 2.45) is 4.99 Å². The van der Waals surface area contributed by atoms with Crippen molar-refractivity contribution in [3.8, 4) is 16.9 Å². The zero-order valence-electron chi connectivity index (χ0n) is 26.0. The Balaban J connectivity index is 1.16. The van der Waals surface area contributed by atoms with Gasteiger partial charge in [0.1, 0.15) is 19.0 Å². The number of rotatable bonds is 8. The normalized spacial score (nSPS) is 17.7. The topological polar surface area (TPSA) is 38.7 Å². The van der Waals surface area contributed by atoms with E-state index < -0.39 is 7.14 Å². The number of allylic oxidation sites excluding steroid dienone is 3. The molecule has 2 aliphatic heterocycles. The van der Waals surface area contributed by atoms with E-state index in [2.05, 4.69) is 104 Å². The predicted octanol–water partition coefficient (Wildman–Crippen LogP) is 10.3. The summed E-state index contributed by atoms with van der Waals surface area (Å²) in [5.41, 5.74) is 7.66. The van der Waals surface area contributed by atoms with Crippen LogP contribution < -0.4 is 15.3 Å². The molecule has 3 atom stereocenters. The van der Waals surface area contributed by atoms with Crippen molar-refractivity contribution in [2.75, 3.05) is 6.16 Å². The van der Waals surface area contributed by atoms with Crippen LogP contribution in [0.3, 0.4) is 0 Å². The lowest BCUT2D eigenvalue weighted by molar-refractivity contribution is 0.229. The van der Waals surface area contributed by atoms with Crippen LogP contribution in [0.4, 0.5) is 5.69 Å². The first-order valence-corrected chi connectivity index (χ1v) is 18.0. The molecule has 8 rings (SSSR count). The molecular weight excluding hydrogens is 593 g/mol. The molecule has 3 nitrogen and oxygen atoms in total. The Morgan fingerprint density at radius 3 is 2.28 bits per heavy atom. The Morgan fingerprint density at radius 1 is 0.681 bits per heavy atom. The van der Waals surface area contributed by atoms with E-state index in [0.717, 1.165) is 67.2 Å². The van der Waals surface area contributed by atoms with Crippen molar-refractivity contribution >= 4 is 39.9 Å². The fourth-order valence-corrected chi connectivity index (χ4v) is 9.68. The largest absolute Gasteiger partial charge is 0.484 e. The van der Waals surface area contributed by atoms with Crippen LogP contribution in [0, 0.1) is 0 Å². The van der Waals surface area contributed by atoms with Gasteiger partial charge in [-0.15, -0.1) is 0 Å². The molecule has 6 aromatic rings. The van der Waals surface area contributed by atoms with Crippen molar-refractivity contribution in [2.45, 2.75) is 18.4 Å². The summed E-state index contributed by atoms with van der Waals surface area (Å²) in [6, 6.07) is 48.1. The molecule has 0 saturated carbocycles. The molecule has 0 N–H and O–H groups in total. The summed E-state index contributed by atoms with van der Waals surface area (Å²) in [6.45, 7) is 3.76. The summed E-state index contributed by atoms with van der Waals surface area (Å²) in [6.07, 6.45) is 6.92. The fraction of sp³-hybridized carbons (Fsp3) is 0.0930. The quantitative estimate of drug-likeness (QED) is 0.124. The number of benzene rings is 6. The zero-order valence-corrected chi connectivity index (χ0v) is 26.9. The van der Waals surface area contributed by atoms with E-state index >= 15 is 0 Å². The van der Waals surface area contributed by atoms with Gasteiger partial charge in [-0.1, -0.05) is 134 Å². The van der Waals surface area contributed by atoms with Crippen LogP contribution in [0.15, 0.2) is 169 Å². The van der Waals surface area contributed by atoms with Crippen LogP contribution in [-0.2, 0) is 4.57 Å². The van der Waals surface area contributed by atoms with E-state index in [1.54, 1.807) is 6.08 Å². The maximum atomic E-state index is 14.7. The minimum atomic E-state index is -2.83. The highest BCUT2D eigenvalue weighted by atomic mass is 31.2. The third kappa shape index (κ3) is 5.27. The van der Waals surface area contributed by atoms with Gasteiger partial charge in [0.2, 0.25) is 0 Å². The Morgan fingerprint density at radius 2 is 1.40 bits per heavy atom. The van der Waals surface area contributed by atoms with Crippen molar-refractivity contribution in [1.82, 2.24) is 0 Å². The Kier molecular flexibility index (Phi) is 7.56. The maximum Gasteiger partial charge on any atom is 0.143 e. The molecule has 0 radical (unpaired) electrons. The highest BCUT2D eigenvalue weighted by Gasteiger charge is 2.42. The lowest BCUT2D eigenvalue weighted by atomic mass is 9.81. The van der Waals surface area contributed by atoms with Crippen molar-refractivity contribution < 1.29 is 9.30 Å². The third-order valence-electron chi connectivity index (χ3n) is 9.38. The third-order valence-corrected chi connectivity index (χ3v) is 12.5. The lowest BCUT2D eigenvalue weighted by Gasteiger charge is -2.27. The van der Waals surface area contributed by atoms with Crippen LogP contribution >= 0.6 is 7.14 Å². The second-order valence-electron chi connectivity index (χ2n) is 12.2. The van der Waals surface area contributed by atoms with Crippen LogP contribution in [-0.4, -0.2) is 11.9 Å². The molecule has 0 aliphatic carbocycles. The van der Waals surface area contributed by atoms with Gasteiger partial charge < -0.3 is 9.30 Å². The summed E-state index contributed by atoms with van der Waals surface area (Å²) < 4.78 is 21.2. The highest BCUT2D eigenvalue weighted by molar-refractivity contribution is 7.78. The Bertz CT molecular complexity index is 2250. The molecule has 47 heavy (non-hydrogen) atoms. The molecule has 228 valence electrons. The van der Waals surface area contributed by atoms with Crippen LogP contribution in [0.2, 0.25) is 0 Å². The van der Waals surface area contributed by atoms with Gasteiger partial charge in [0.15, 0.2) is 0 Å². The summed E-state index contributed by atoms with van der Waals surface area (Å²) >= 11 is 0. The average molecular weight is 628 g/mol. The van der Waals surface area contributed by atoms with E-state index in [0.29, 0.717) is 6.16 Å². The van der Waals surface area contributed by atoms with Gasteiger partial charge in [-0.05, 0) is 64.2 Å². The number of nitrogens with zero attached hydrogens (tertiary/aromatic N) is 1. The van der Waals surface area contributed by atoms with E-state index in [4.69, 9.17) is 9.73 Å². The van der Waals surface area contributed by atoms with Gasteiger partial charge in [-0.3, -0.25) is 4.99 Å². The molecule has 0 bridgehead atoms. The number of fused-ring (bicyclic) bond motifs is 6. The summed E-state index contributed by atoms with van der Waals surface area (Å²) in [4.78, 5) is 5.23. The van der Waals surface area contributed by atoms with Gasteiger partial charge in [-0.2, -0.15) is 0 Å². The van der Waals surface area contributed by atoms with Gasteiger partial charge in [-0.25, -0.2) is 0 Å². The van der Waals surface area contributed by atoms with Gasteiger partial charge in [0.05, 0.1) is 17.3 Å². The number of ether oxygens (including phenoxy) is 1. The van der Waals surface area contributed by atoms with E-state index in [1.165, 1.54) is 5.56 Å². The smallest absolute Gasteiger partial charge is 0.143 e. The average Bonchev–Trinajstić information content (AvgIpc) is 3.53. The van der Waals surface area contributed by atoms with Crippen molar-refractivity contribution in [3.63, 3.8) is 0 Å². The zero-order chi connectivity index (χ0) is 31.8. The molecule has 4 heteroatoms. The standard InChI is InChI=1S/C43H34NO2P/c1-2-3-4-12-26-47(45,35-16-6-5-7-17-35)36-25-24-32-27-31(22-23-33(32)29-36)30-14-13-15-34(28-30)42-41-38-19-9-11-21-40(38)46-43(41)37-18-8-10-20-39(37)44-42/h2-11,13-25,27-29,41,43H,1,12,26H2/b4-3-. The summed E-state index contributed by atoms with van der Waals surface area (Å²) in [5, 5.41) is 3.98. The number of para-hydroxylation sites is 2. The van der Waals surface area contributed by atoms with Crippen LogP contribution in [0.1, 0.15) is 35.1 Å². The molecule has 0 fully saturated rings. The first-order valence-electron chi connectivity index (χ1n) is 16.1. The van der Waals surface area contributed by atoms with Crippen LogP contribution in [0.5, 0.6) is 5.75 Å². The minimum absolute atomic E-state index is 0.0268. The monoisotopic (exact) mass is 627 g/mol. The molecule has 0 saturated heterocycles. The summed E-state index contributed by atoms with van der Waals surface area (Å²) in [5.74, 6) is 0.959. The molecule has 3 unspecified atom stereocenters. The predicted molar refractivity (Wildman–Crippen MR) is 197 cm³/mol. The molecule has 2 heterocycles. The number of hydrogen-bond donors (Lipinski definition) is 0. The highest BCUT2D eigenvalue weighted by Crippen LogP contribution is 2.52. The first-order chi connectivity index (χ1) is 23.1. The molecule has 2 aliphatic rings. The summed E-state index contributed by atoms with van der Waals surface area (Å²) in [7, 11) is -2.83. The van der Waals surface area contributed by atoms with E-state index in [1.807, 2.05) is 54.6 Å². The number of aliphatic imine (C=N–C) groups is 1. The molecule has 0 spiro atoms. The van der Waals surface area contributed by atoms with Crippen LogP contribution in [0.25, 0.3) is 21.9 Å². The minimum Gasteiger partial charge on any atom is -0.484 e. The SMILES string of the molecule is C=C/C=C\CCP(=O)(c1ccccc1)c1ccc2cc(-c3cccc(C4=Nc5ccccc5C5Oc6ccccc6C45)c3)ccc2c1. The maximum absolute atomic E-state index is 14.7. The second kappa shape index (κ2) is 12.2. The molecule has 0 aromatic heterocycles.